The fraction of sp³-hybridized carbons (Fsp3) is 0.357. The van der Waals surface area contributed by atoms with Crippen molar-refractivity contribution in [2.24, 2.45) is 0 Å². The third-order valence-corrected chi connectivity index (χ3v) is 3.90. The van der Waals surface area contributed by atoms with Crippen molar-refractivity contribution in [2.75, 3.05) is 13.1 Å². The van der Waals surface area contributed by atoms with Crippen LogP contribution in [0.25, 0.3) is 11.4 Å². The van der Waals surface area contributed by atoms with E-state index in [9.17, 15) is 4.79 Å². The molecule has 1 aliphatic rings. The predicted octanol–water partition coefficient (Wildman–Crippen LogP) is 1.44. The van der Waals surface area contributed by atoms with Gasteiger partial charge in [0.2, 0.25) is 17.6 Å². The summed E-state index contributed by atoms with van der Waals surface area (Å²) >= 11 is 3.43. The number of rotatable bonds is 3. The molecule has 2 heterocycles. The van der Waals surface area contributed by atoms with E-state index in [0.717, 1.165) is 22.1 Å². The summed E-state index contributed by atoms with van der Waals surface area (Å²) in [5.41, 5.74) is 1.99. The third kappa shape index (κ3) is 3.14. The Morgan fingerprint density at radius 2 is 2.29 bits per heavy atom. The van der Waals surface area contributed by atoms with Crippen molar-refractivity contribution in [1.29, 1.82) is 0 Å². The highest BCUT2D eigenvalue weighted by molar-refractivity contribution is 9.10. The van der Waals surface area contributed by atoms with Gasteiger partial charge in [-0.3, -0.25) is 4.79 Å². The highest BCUT2D eigenvalue weighted by Crippen LogP contribution is 2.24. The summed E-state index contributed by atoms with van der Waals surface area (Å²) in [5, 5.41) is 9.96. The van der Waals surface area contributed by atoms with Gasteiger partial charge >= 0.3 is 0 Å². The zero-order valence-corrected chi connectivity index (χ0v) is 13.1. The number of hydrogen-bond acceptors (Lipinski definition) is 5. The Morgan fingerprint density at radius 1 is 1.43 bits per heavy atom. The molecule has 1 saturated heterocycles. The molecule has 0 saturated carbocycles. The molecule has 2 N–H and O–H groups in total. The van der Waals surface area contributed by atoms with E-state index in [1.165, 1.54) is 0 Å². The topological polar surface area (TPSA) is 80.0 Å². The van der Waals surface area contributed by atoms with Crippen LogP contribution in [0.4, 0.5) is 0 Å². The molecule has 7 heteroatoms. The molecular formula is C14H15BrN4O2. The Labute approximate surface area is 130 Å². The van der Waals surface area contributed by atoms with Crippen LogP contribution in [0.3, 0.4) is 0 Å². The SMILES string of the molecule is Cc1cc(Br)ccc1-c1noc(CC2NCCNC2=O)n1. The molecule has 3 rings (SSSR count). The molecule has 0 bridgehead atoms. The van der Waals surface area contributed by atoms with Crippen LogP contribution in [0, 0.1) is 6.92 Å². The number of amides is 1. The molecule has 1 aromatic heterocycles. The van der Waals surface area contributed by atoms with Crippen molar-refractivity contribution in [3.63, 3.8) is 0 Å². The molecule has 1 aromatic carbocycles. The number of piperazine rings is 1. The smallest absolute Gasteiger partial charge is 0.237 e. The lowest BCUT2D eigenvalue weighted by atomic mass is 10.1. The van der Waals surface area contributed by atoms with Crippen molar-refractivity contribution in [1.82, 2.24) is 20.8 Å². The number of aryl methyl sites for hydroxylation is 1. The van der Waals surface area contributed by atoms with Gasteiger partial charge in [0, 0.05) is 23.1 Å². The molecule has 1 aliphatic heterocycles. The summed E-state index contributed by atoms with van der Waals surface area (Å²) in [7, 11) is 0. The number of hydrogen-bond donors (Lipinski definition) is 2. The molecule has 2 aromatic rings. The average molecular weight is 351 g/mol. The third-order valence-electron chi connectivity index (χ3n) is 3.41. The second-order valence-electron chi connectivity index (χ2n) is 4.97. The second-order valence-corrected chi connectivity index (χ2v) is 5.89. The number of nitrogens with zero attached hydrogens (tertiary/aromatic N) is 2. The molecule has 0 radical (unpaired) electrons. The first kappa shape index (κ1) is 14.2. The summed E-state index contributed by atoms with van der Waals surface area (Å²) in [6, 6.07) is 5.58. The Hall–Kier alpha value is -1.73. The number of benzene rings is 1. The maximum atomic E-state index is 11.7. The highest BCUT2D eigenvalue weighted by Gasteiger charge is 2.24. The molecular weight excluding hydrogens is 336 g/mol. The first-order valence-electron chi connectivity index (χ1n) is 6.73. The van der Waals surface area contributed by atoms with Gasteiger partial charge in [0.05, 0.1) is 12.5 Å². The fourth-order valence-corrected chi connectivity index (χ4v) is 2.79. The molecule has 6 nitrogen and oxygen atoms in total. The van der Waals surface area contributed by atoms with E-state index >= 15 is 0 Å². The first-order chi connectivity index (χ1) is 10.1. The van der Waals surface area contributed by atoms with Crippen LogP contribution in [0.2, 0.25) is 0 Å². The molecule has 110 valence electrons. The maximum absolute atomic E-state index is 11.7. The largest absolute Gasteiger partial charge is 0.353 e. The quantitative estimate of drug-likeness (QED) is 0.875. The van der Waals surface area contributed by atoms with Crippen LogP contribution in [0.15, 0.2) is 27.2 Å². The van der Waals surface area contributed by atoms with E-state index < -0.39 is 0 Å². The lowest BCUT2D eigenvalue weighted by Crippen LogP contribution is -2.53. The summed E-state index contributed by atoms with van der Waals surface area (Å²) in [5.74, 6) is 0.980. The minimum absolute atomic E-state index is 0.0270. The van der Waals surface area contributed by atoms with Gasteiger partial charge in [-0.1, -0.05) is 21.1 Å². The number of carbonyl (C=O) groups is 1. The van der Waals surface area contributed by atoms with Crippen LogP contribution in [-0.2, 0) is 11.2 Å². The van der Waals surface area contributed by atoms with Gasteiger partial charge in [-0.05, 0) is 30.7 Å². The van der Waals surface area contributed by atoms with Crippen molar-refractivity contribution < 1.29 is 9.32 Å². The highest BCUT2D eigenvalue weighted by atomic mass is 79.9. The van der Waals surface area contributed by atoms with Crippen molar-refractivity contribution in [2.45, 2.75) is 19.4 Å². The van der Waals surface area contributed by atoms with Crippen LogP contribution in [0.5, 0.6) is 0 Å². The monoisotopic (exact) mass is 350 g/mol. The summed E-state index contributed by atoms with van der Waals surface area (Å²) in [6.07, 6.45) is 0.397. The normalized spacial score (nSPS) is 18.6. The summed E-state index contributed by atoms with van der Waals surface area (Å²) in [4.78, 5) is 16.1. The molecule has 21 heavy (non-hydrogen) atoms. The van der Waals surface area contributed by atoms with E-state index in [0.29, 0.717) is 24.7 Å². The van der Waals surface area contributed by atoms with E-state index in [1.807, 2.05) is 25.1 Å². The lowest BCUT2D eigenvalue weighted by Gasteiger charge is -2.21. The summed E-state index contributed by atoms with van der Waals surface area (Å²) < 4.78 is 6.27. The fourth-order valence-electron chi connectivity index (χ4n) is 2.31. The molecule has 1 amide bonds. The first-order valence-corrected chi connectivity index (χ1v) is 7.53. The Morgan fingerprint density at radius 3 is 3.05 bits per heavy atom. The standard InChI is InChI=1S/C14H15BrN4O2/c1-8-6-9(15)2-3-10(8)13-18-12(21-19-13)7-11-14(20)17-5-4-16-11/h2-3,6,11,16H,4-5,7H2,1H3,(H,17,20). The molecule has 1 fully saturated rings. The van der Waals surface area contributed by atoms with E-state index in [2.05, 4.69) is 36.7 Å². The van der Waals surface area contributed by atoms with Crippen LogP contribution < -0.4 is 10.6 Å². The van der Waals surface area contributed by atoms with Gasteiger partial charge in [0.15, 0.2) is 0 Å². The molecule has 0 aliphatic carbocycles. The minimum atomic E-state index is -0.307. The van der Waals surface area contributed by atoms with E-state index in [1.54, 1.807) is 0 Å². The Balaban J connectivity index is 1.78. The van der Waals surface area contributed by atoms with Gasteiger partial charge in [0.1, 0.15) is 0 Å². The van der Waals surface area contributed by atoms with Crippen LogP contribution >= 0.6 is 15.9 Å². The van der Waals surface area contributed by atoms with Gasteiger partial charge < -0.3 is 15.2 Å². The van der Waals surface area contributed by atoms with Gasteiger partial charge in [0.25, 0.3) is 0 Å². The van der Waals surface area contributed by atoms with Crippen molar-refractivity contribution >= 4 is 21.8 Å². The molecule has 1 atom stereocenters. The Bertz CT molecular complexity index is 671. The Kier molecular flexibility index (Phi) is 4.03. The second kappa shape index (κ2) is 5.95. The number of carbonyl (C=O) groups excluding carboxylic acids is 1. The van der Waals surface area contributed by atoms with Crippen LogP contribution in [0.1, 0.15) is 11.5 Å². The van der Waals surface area contributed by atoms with Gasteiger partial charge in [-0.2, -0.15) is 4.98 Å². The lowest BCUT2D eigenvalue weighted by molar-refractivity contribution is -0.124. The van der Waals surface area contributed by atoms with Gasteiger partial charge in [-0.15, -0.1) is 0 Å². The average Bonchev–Trinajstić information content (AvgIpc) is 2.90. The molecule has 1 unspecified atom stereocenters. The van der Waals surface area contributed by atoms with Gasteiger partial charge in [-0.25, -0.2) is 0 Å². The van der Waals surface area contributed by atoms with Crippen molar-refractivity contribution in [3.05, 3.63) is 34.1 Å². The zero-order valence-electron chi connectivity index (χ0n) is 11.5. The maximum Gasteiger partial charge on any atom is 0.237 e. The number of aromatic nitrogens is 2. The predicted molar refractivity (Wildman–Crippen MR) is 80.7 cm³/mol. The van der Waals surface area contributed by atoms with Crippen molar-refractivity contribution in [3.8, 4) is 11.4 Å². The van der Waals surface area contributed by atoms with E-state index in [-0.39, 0.29) is 11.9 Å². The van der Waals surface area contributed by atoms with E-state index in [4.69, 9.17) is 4.52 Å². The molecule has 0 spiro atoms. The number of nitrogens with one attached hydrogen (secondary N) is 2. The summed E-state index contributed by atoms with van der Waals surface area (Å²) in [6.45, 7) is 3.40. The minimum Gasteiger partial charge on any atom is -0.353 e. The number of halogens is 1. The van der Waals surface area contributed by atoms with Crippen LogP contribution in [-0.4, -0.2) is 35.2 Å². The zero-order chi connectivity index (χ0) is 14.8.